The third-order valence-corrected chi connectivity index (χ3v) is 30.7. The van der Waals surface area contributed by atoms with Gasteiger partial charge in [0.25, 0.3) is 0 Å². The van der Waals surface area contributed by atoms with Crippen LogP contribution in [0.25, 0.3) is 281 Å². The fourth-order valence-electron chi connectivity index (χ4n) is 20.3. The summed E-state index contributed by atoms with van der Waals surface area (Å²) in [5.74, 6) is 2.97. The van der Waals surface area contributed by atoms with Gasteiger partial charge in [0.1, 0.15) is 11.2 Å². The van der Waals surface area contributed by atoms with Gasteiger partial charge in [0, 0.05) is 164 Å². The van der Waals surface area contributed by atoms with Crippen LogP contribution in [0, 0.1) is 0 Å². The fraction of sp³-hybridized carbons (Fsp3) is 0. The van der Waals surface area contributed by atoms with Crippen molar-refractivity contribution in [3.63, 3.8) is 0 Å². The highest BCUT2D eigenvalue weighted by Gasteiger charge is 2.23. The predicted molar refractivity (Wildman–Crippen MR) is 593 cm³/mol. The van der Waals surface area contributed by atoms with E-state index in [-0.39, 0.29) is 0 Å². The molecule has 30 rings (SSSR count). The van der Waals surface area contributed by atoms with Gasteiger partial charge < -0.3 is 4.42 Å². The Morgan fingerprint density at radius 3 is 0.921 bits per heavy atom. The average Bonchev–Trinajstić information content (AvgIpc) is 1.74. The quantitative estimate of drug-likeness (QED) is 0.137. The Bertz CT molecular complexity index is 9980. The summed E-state index contributed by atoms with van der Waals surface area (Å²) in [4.78, 5) is 40.6. The highest BCUT2D eigenvalue weighted by atomic mass is 32.1. The van der Waals surface area contributed by atoms with E-state index in [4.69, 9.17) is 44.3 Å². The Balaban J connectivity index is 0.0000000939. The minimum absolute atomic E-state index is 0.711. The number of furan rings is 1. The van der Waals surface area contributed by atoms with Crippen LogP contribution in [-0.4, -0.2) is 39.9 Å². The van der Waals surface area contributed by atoms with Crippen molar-refractivity contribution in [3.05, 3.63) is 461 Å². The number of rotatable bonds is 8. The van der Waals surface area contributed by atoms with Gasteiger partial charge in [-0.1, -0.05) is 382 Å². The van der Waals surface area contributed by atoms with Gasteiger partial charge in [0.15, 0.2) is 23.3 Å². The molecule has 0 bridgehead atoms. The molecule has 0 spiro atoms. The molecular weight excluding hydrogens is 1760 g/mol. The number of hydrogen-bond donors (Lipinski definition) is 0. The van der Waals surface area contributed by atoms with Crippen molar-refractivity contribution in [1.82, 2.24) is 39.9 Å². The third-order valence-electron chi connectivity index (χ3n) is 27.1. The van der Waals surface area contributed by atoms with Crippen LogP contribution >= 0.6 is 34.0 Å². The maximum absolute atomic E-state index is 6.28. The first kappa shape index (κ1) is 81.7. The zero-order valence-electron chi connectivity index (χ0n) is 75.1. The molecule has 0 N–H and O–H groups in total. The molecule has 0 aliphatic heterocycles. The van der Waals surface area contributed by atoms with E-state index in [1.54, 1.807) is 0 Å². The minimum Gasteiger partial charge on any atom is -0.455 e. The SMILES string of the molecule is c1ccc(-c2nc(-c3ccc4ccc5c6ccccc6oc5c4c3)nc3ccccc23)cc1.c1ccc(-c2nc(-c3ccc4ccc5c6ccccc6sc5c4c3)nc3c2ccc2ccccc23)cc1.c1ccc(-c2nc(-c3ccc4ccc5c6ccccc6sc5c4c3)nc3ccc4ccccc4c23)cc1.c1ccc(-c2nc(-c3ccc4ccc5c6ccccc6sc5c4c3)nc3ccccc23)cc1. The summed E-state index contributed by atoms with van der Waals surface area (Å²) in [6.45, 7) is 0. The van der Waals surface area contributed by atoms with Gasteiger partial charge in [-0.15, -0.1) is 34.0 Å². The Morgan fingerprint density at radius 1 is 0.164 bits per heavy atom. The predicted octanol–water partition coefficient (Wildman–Crippen LogP) is 35.8. The molecule has 9 nitrogen and oxygen atoms in total. The number of thiophene rings is 3. The Labute approximate surface area is 814 Å². The summed E-state index contributed by atoms with van der Waals surface area (Å²) in [6.07, 6.45) is 0. The van der Waals surface area contributed by atoms with Crippen LogP contribution in [0.15, 0.2) is 465 Å². The summed E-state index contributed by atoms with van der Waals surface area (Å²) < 4.78 is 14.2. The van der Waals surface area contributed by atoms with Crippen molar-refractivity contribution >= 4 is 225 Å². The summed E-state index contributed by atoms with van der Waals surface area (Å²) in [5.41, 5.74) is 17.9. The number of fused-ring (bicyclic) bond motifs is 28. The van der Waals surface area contributed by atoms with Crippen LogP contribution in [-0.2, 0) is 0 Å². The number of hydrogen-bond acceptors (Lipinski definition) is 12. The van der Waals surface area contributed by atoms with Crippen molar-refractivity contribution in [2.75, 3.05) is 0 Å². The lowest BCUT2D eigenvalue weighted by Gasteiger charge is -2.12. The molecule has 0 atom stereocenters. The van der Waals surface area contributed by atoms with Gasteiger partial charge in [-0.3, -0.25) is 0 Å². The zero-order valence-corrected chi connectivity index (χ0v) is 77.5. The molecule has 30 aromatic rings. The molecule has 8 aromatic heterocycles. The third kappa shape index (κ3) is 14.4. The standard InChI is InChI=1S/2C34H20N2S.C30H18N2O.C30H18N2S/c1-2-9-23(10-3-1)32-31-25-11-5-4-8-21(25)17-19-29(31)35-34(36-32)24-15-14-22-16-18-27-26-12-6-7-13-30(26)37-33(27)28(22)20-24;1-2-9-23(10-3-1)31-28-19-17-21-8-4-5-11-25(21)32(28)36-34(35-31)24-15-14-22-16-18-27-26-12-6-7-13-30(26)37-33(27)29(22)20-24;2*1-2-8-20(9-3-1)28-24-11-4-6-12-26(24)31-30(32-28)21-15-14-19-16-17-23-22-10-5-7-13-27(22)33-29(23)25(19)18-21/h2*1-20H;2*1-18H. The second-order valence-corrected chi connectivity index (χ2v) is 38.5. The van der Waals surface area contributed by atoms with Crippen LogP contribution in [0.3, 0.4) is 0 Å². The molecule has 0 amide bonds. The molecule has 0 aliphatic carbocycles. The van der Waals surface area contributed by atoms with E-state index in [0.717, 1.165) is 166 Å². The lowest BCUT2D eigenvalue weighted by atomic mass is 9.99. The second-order valence-electron chi connectivity index (χ2n) is 35.4. The van der Waals surface area contributed by atoms with Crippen molar-refractivity contribution in [2.45, 2.75) is 0 Å². The van der Waals surface area contributed by atoms with Crippen molar-refractivity contribution in [2.24, 2.45) is 0 Å². The number of nitrogens with zero attached hydrogens (tertiary/aromatic N) is 8. The van der Waals surface area contributed by atoms with Gasteiger partial charge >= 0.3 is 0 Å². The molecular formula is C128H76N8OS3. The van der Waals surface area contributed by atoms with E-state index in [2.05, 4.69) is 376 Å². The Hall–Kier alpha value is -17.8. The molecule has 0 saturated heterocycles. The number of benzene rings is 22. The van der Waals surface area contributed by atoms with Gasteiger partial charge in [0.2, 0.25) is 0 Å². The molecule has 652 valence electrons. The summed E-state index contributed by atoms with van der Waals surface area (Å²) >= 11 is 5.57. The van der Waals surface area contributed by atoms with Crippen LogP contribution in [0.1, 0.15) is 0 Å². The van der Waals surface area contributed by atoms with Crippen molar-refractivity contribution in [1.29, 1.82) is 0 Å². The summed E-state index contributed by atoms with van der Waals surface area (Å²) in [7, 11) is 0. The first-order valence-electron chi connectivity index (χ1n) is 46.9. The average molecular weight is 1840 g/mol. The van der Waals surface area contributed by atoms with Crippen LogP contribution < -0.4 is 0 Å². The lowest BCUT2D eigenvalue weighted by molar-refractivity contribution is 0.672. The maximum Gasteiger partial charge on any atom is 0.160 e. The highest BCUT2D eigenvalue weighted by Crippen LogP contribution is 2.47. The molecule has 0 saturated carbocycles. The largest absolute Gasteiger partial charge is 0.455 e. The molecule has 0 unspecified atom stereocenters. The molecule has 8 heterocycles. The van der Waals surface area contributed by atoms with Crippen molar-refractivity contribution < 1.29 is 4.42 Å². The molecule has 140 heavy (non-hydrogen) atoms. The topological polar surface area (TPSA) is 116 Å². The van der Waals surface area contributed by atoms with Crippen LogP contribution in [0.2, 0.25) is 0 Å². The first-order chi connectivity index (χ1) is 69.4. The molecule has 12 heteroatoms. The van der Waals surface area contributed by atoms with Gasteiger partial charge in [-0.2, -0.15) is 0 Å². The van der Waals surface area contributed by atoms with Crippen molar-refractivity contribution in [3.8, 4) is 90.6 Å². The Kier molecular flexibility index (Phi) is 20.0. The van der Waals surface area contributed by atoms with Crippen LogP contribution in [0.4, 0.5) is 0 Å². The van der Waals surface area contributed by atoms with E-state index >= 15 is 0 Å². The van der Waals surface area contributed by atoms with E-state index in [1.807, 2.05) is 119 Å². The van der Waals surface area contributed by atoms with E-state index in [0.29, 0.717) is 5.82 Å². The molecule has 22 aromatic carbocycles. The fourth-order valence-corrected chi connectivity index (χ4v) is 23.9. The number of aromatic nitrogens is 8. The molecule has 0 fully saturated rings. The van der Waals surface area contributed by atoms with Gasteiger partial charge in [0.05, 0.1) is 44.8 Å². The number of para-hydroxylation sites is 3. The van der Waals surface area contributed by atoms with Crippen LogP contribution in [0.5, 0.6) is 0 Å². The summed E-state index contributed by atoms with van der Waals surface area (Å²) in [6, 6.07) is 162. The molecule has 0 aliphatic rings. The second kappa shape index (κ2) is 34.2. The monoisotopic (exact) mass is 1840 g/mol. The molecule has 0 radical (unpaired) electrons. The van der Waals surface area contributed by atoms with E-state index in [9.17, 15) is 0 Å². The van der Waals surface area contributed by atoms with E-state index < -0.39 is 0 Å². The van der Waals surface area contributed by atoms with Gasteiger partial charge in [-0.25, -0.2) is 39.9 Å². The maximum atomic E-state index is 6.28. The van der Waals surface area contributed by atoms with Gasteiger partial charge in [-0.05, 0) is 117 Å². The van der Waals surface area contributed by atoms with E-state index in [1.165, 1.54) is 109 Å². The Morgan fingerprint density at radius 2 is 0.464 bits per heavy atom. The first-order valence-corrected chi connectivity index (χ1v) is 49.3. The smallest absolute Gasteiger partial charge is 0.160 e. The highest BCUT2D eigenvalue weighted by molar-refractivity contribution is 7.27. The minimum atomic E-state index is 0.711. The zero-order chi connectivity index (χ0) is 92.2. The normalized spacial score (nSPS) is 11.7. The summed E-state index contributed by atoms with van der Waals surface area (Å²) in [5, 5.41) is 28.8. The lowest BCUT2D eigenvalue weighted by Crippen LogP contribution is -1.96.